The van der Waals surface area contributed by atoms with E-state index in [0.717, 1.165) is 31.7 Å². The molecule has 0 spiro atoms. The van der Waals surface area contributed by atoms with Crippen molar-refractivity contribution in [2.75, 3.05) is 31.5 Å². The van der Waals surface area contributed by atoms with E-state index in [2.05, 4.69) is 5.32 Å². The van der Waals surface area contributed by atoms with Gasteiger partial charge in [0.2, 0.25) is 11.8 Å². The smallest absolute Gasteiger partial charge is 0.304 e. The number of hydrogen-bond acceptors (Lipinski definition) is 4. The zero-order valence-electron chi connectivity index (χ0n) is 22.5. The number of nitrogens with zero attached hydrogens (tertiary/aromatic N) is 3. The molecule has 2 rings (SSSR count). The molecule has 2 aromatic rings. The summed E-state index contributed by atoms with van der Waals surface area (Å²) in [5.74, 6) is -0.705. The van der Waals surface area contributed by atoms with Crippen LogP contribution in [0, 0.1) is 13.8 Å². The Bertz CT molecular complexity index is 1140. The van der Waals surface area contributed by atoms with E-state index in [-0.39, 0.29) is 18.5 Å². The van der Waals surface area contributed by atoms with Crippen LogP contribution in [0.25, 0.3) is 0 Å². The van der Waals surface area contributed by atoms with Gasteiger partial charge in [0.25, 0.3) is 0 Å². The van der Waals surface area contributed by atoms with Crippen molar-refractivity contribution in [3.05, 3.63) is 65.2 Å². The van der Waals surface area contributed by atoms with Gasteiger partial charge in [-0.3, -0.25) is 9.59 Å². The second kappa shape index (κ2) is 12.9. The van der Waals surface area contributed by atoms with Crippen molar-refractivity contribution in [3.8, 4) is 0 Å². The monoisotopic (exact) mass is 516 g/mol. The van der Waals surface area contributed by atoms with Gasteiger partial charge >= 0.3 is 10.2 Å². The number of rotatable bonds is 12. The summed E-state index contributed by atoms with van der Waals surface area (Å²) in [5, 5.41) is 2.94. The summed E-state index contributed by atoms with van der Waals surface area (Å²) in [5.41, 5.74) is 3.08. The van der Waals surface area contributed by atoms with Crippen LogP contribution in [0.2, 0.25) is 0 Å². The number of carbonyl (C=O) groups is 2. The Morgan fingerprint density at radius 2 is 1.64 bits per heavy atom. The Hall–Kier alpha value is -2.91. The van der Waals surface area contributed by atoms with E-state index >= 15 is 0 Å². The van der Waals surface area contributed by atoms with Gasteiger partial charge < -0.3 is 10.2 Å². The van der Waals surface area contributed by atoms with Gasteiger partial charge in [0, 0.05) is 26.7 Å². The fourth-order valence-electron chi connectivity index (χ4n) is 3.73. The van der Waals surface area contributed by atoms with E-state index in [1.54, 1.807) is 13.0 Å². The number of benzene rings is 2. The molecule has 0 aliphatic carbocycles. The zero-order chi connectivity index (χ0) is 27.0. The Morgan fingerprint density at radius 3 is 2.22 bits per heavy atom. The fraction of sp³-hybridized carbons (Fsp3) is 0.481. The van der Waals surface area contributed by atoms with Crippen LogP contribution in [-0.4, -0.2) is 68.7 Å². The summed E-state index contributed by atoms with van der Waals surface area (Å²) in [4.78, 5) is 28.2. The SMILES string of the molecule is CC[C@@H](C)NC(=O)[C@H](C)N(CCc1ccccc1)C(=O)CN(c1cc(C)ccc1C)S(=O)(=O)N(C)C. The van der Waals surface area contributed by atoms with Crippen LogP contribution in [0.3, 0.4) is 0 Å². The lowest BCUT2D eigenvalue weighted by atomic mass is 10.1. The molecule has 9 heteroatoms. The van der Waals surface area contributed by atoms with E-state index in [0.29, 0.717) is 12.1 Å². The molecule has 0 aliphatic heterocycles. The average molecular weight is 517 g/mol. The molecule has 2 aromatic carbocycles. The van der Waals surface area contributed by atoms with Crippen LogP contribution in [0.5, 0.6) is 0 Å². The van der Waals surface area contributed by atoms with Crippen LogP contribution in [0.4, 0.5) is 5.69 Å². The van der Waals surface area contributed by atoms with Gasteiger partial charge in [-0.1, -0.05) is 49.4 Å². The molecule has 0 aromatic heterocycles. The largest absolute Gasteiger partial charge is 0.352 e. The maximum Gasteiger partial charge on any atom is 0.304 e. The molecule has 0 unspecified atom stereocenters. The summed E-state index contributed by atoms with van der Waals surface area (Å²) in [6, 6.07) is 14.4. The lowest BCUT2D eigenvalue weighted by molar-refractivity contribution is -0.139. The zero-order valence-corrected chi connectivity index (χ0v) is 23.3. The van der Waals surface area contributed by atoms with E-state index in [9.17, 15) is 18.0 Å². The number of hydrogen-bond donors (Lipinski definition) is 1. The molecule has 36 heavy (non-hydrogen) atoms. The van der Waals surface area contributed by atoms with Crippen LogP contribution in [0.1, 0.15) is 43.9 Å². The van der Waals surface area contributed by atoms with Crippen molar-refractivity contribution >= 4 is 27.7 Å². The molecule has 198 valence electrons. The summed E-state index contributed by atoms with van der Waals surface area (Å²) in [7, 11) is -1.10. The van der Waals surface area contributed by atoms with Gasteiger partial charge in [-0.15, -0.1) is 0 Å². The molecule has 0 saturated carbocycles. The minimum Gasteiger partial charge on any atom is -0.352 e. The van der Waals surface area contributed by atoms with Gasteiger partial charge in [-0.25, -0.2) is 4.31 Å². The Kier molecular flexibility index (Phi) is 10.5. The minimum absolute atomic E-state index is 0.0356. The second-order valence-electron chi connectivity index (χ2n) is 9.40. The van der Waals surface area contributed by atoms with Gasteiger partial charge in [0.1, 0.15) is 12.6 Å². The number of nitrogens with one attached hydrogen (secondary N) is 1. The van der Waals surface area contributed by atoms with Crippen molar-refractivity contribution in [1.82, 2.24) is 14.5 Å². The molecular formula is C27H40N4O4S. The third-order valence-corrected chi connectivity index (χ3v) is 8.11. The number of amides is 2. The average Bonchev–Trinajstić information content (AvgIpc) is 2.84. The third kappa shape index (κ3) is 7.54. The van der Waals surface area contributed by atoms with Crippen LogP contribution >= 0.6 is 0 Å². The molecule has 0 radical (unpaired) electrons. The summed E-state index contributed by atoms with van der Waals surface area (Å²) in [6.07, 6.45) is 1.30. The molecular weight excluding hydrogens is 476 g/mol. The minimum atomic E-state index is -3.98. The summed E-state index contributed by atoms with van der Waals surface area (Å²) in [6.45, 7) is 9.12. The molecule has 2 atom stereocenters. The van der Waals surface area contributed by atoms with Gasteiger partial charge in [-0.05, 0) is 63.3 Å². The molecule has 2 amide bonds. The normalized spacial score (nSPS) is 13.2. The molecule has 0 heterocycles. The van der Waals surface area contributed by atoms with Crippen molar-refractivity contribution in [2.45, 2.75) is 59.5 Å². The first-order valence-electron chi connectivity index (χ1n) is 12.3. The Balaban J connectivity index is 2.43. The van der Waals surface area contributed by atoms with Gasteiger partial charge in [-0.2, -0.15) is 12.7 Å². The van der Waals surface area contributed by atoms with Crippen LogP contribution < -0.4 is 9.62 Å². The third-order valence-electron chi connectivity index (χ3n) is 6.30. The van der Waals surface area contributed by atoms with Crippen molar-refractivity contribution in [1.29, 1.82) is 0 Å². The highest BCUT2D eigenvalue weighted by Gasteiger charge is 2.33. The van der Waals surface area contributed by atoms with Crippen LogP contribution in [-0.2, 0) is 26.2 Å². The predicted octanol–water partition coefficient (Wildman–Crippen LogP) is 3.29. The van der Waals surface area contributed by atoms with Crippen molar-refractivity contribution < 1.29 is 18.0 Å². The Labute approximate surface area is 216 Å². The van der Waals surface area contributed by atoms with E-state index in [1.807, 2.05) is 70.2 Å². The van der Waals surface area contributed by atoms with E-state index in [1.165, 1.54) is 19.0 Å². The maximum absolute atomic E-state index is 13.7. The first kappa shape index (κ1) is 29.3. The highest BCUT2D eigenvalue weighted by Crippen LogP contribution is 2.25. The fourth-order valence-corrected chi connectivity index (χ4v) is 4.84. The standard InChI is InChI=1S/C27H40N4O4S/c1-8-22(4)28-27(33)23(5)30(17-16-24-12-10-9-11-13-24)26(32)19-31(36(34,35)29(6)7)25-18-20(2)14-15-21(25)3/h9-15,18,22-23H,8,16-17,19H2,1-7H3,(H,28,33)/t22-,23+/m1/s1. The number of anilines is 1. The summed E-state index contributed by atoms with van der Waals surface area (Å²) < 4.78 is 28.9. The first-order valence-corrected chi connectivity index (χ1v) is 13.7. The van der Waals surface area contributed by atoms with Crippen LogP contribution in [0.15, 0.2) is 48.5 Å². The quantitative estimate of drug-likeness (QED) is 0.469. The molecule has 1 N–H and O–H groups in total. The molecule has 0 saturated heterocycles. The van der Waals surface area contributed by atoms with E-state index in [4.69, 9.17) is 0 Å². The number of carbonyl (C=O) groups excluding carboxylic acids is 2. The molecule has 8 nitrogen and oxygen atoms in total. The number of aryl methyl sites for hydroxylation is 2. The van der Waals surface area contributed by atoms with E-state index < -0.39 is 28.7 Å². The topological polar surface area (TPSA) is 90.0 Å². The molecule has 0 aliphatic rings. The molecule has 0 fully saturated rings. The highest BCUT2D eigenvalue weighted by atomic mass is 32.2. The van der Waals surface area contributed by atoms with Crippen molar-refractivity contribution in [2.24, 2.45) is 0 Å². The highest BCUT2D eigenvalue weighted by molar-refractivity contribution is 7.90. The lowest BCUT2D eigenvalue weighted by Gasteiger charge is -2.33. The first-order chi connectivity index (χ1) is 16.9. The maximum atomic E-state index is 13.7. The van der Waals surface area contributed by atoms with Gasteiger partial charge in [0.05, 0.1) is 5.69 Å². The lowest BCUT2D eigenvalue weighted by Crippen LogP contribution is -2.54. The second-order valence-corrected chi connectivity index (χ2v) is 11.5. The predicted molar refractivity (Wildman–Crippen MR) is 145 cm³/mol. The molecule has 0 bridgehead atoms. The van der Waals surface area contributed by atoms with Gasteiger partial charge in [0.15, 0.2) is 0 Å². The van der Waals surface area contributed by atoms with Crippen molar-refractivity contribution in [3.63, 3.8) is 0 Å². The Morgan fingerprint density at radius 1 is 1.00 bits per heavy atom. The summed E-state index contributed by atoms with van der Waals surface area (Å²) >= 11 is 0.